The fourth-order valence-corrected chi connectivity index (χ4v) is 5.26. The third-order valence-corrected chi connectivity index (χ3v) is 11.4. The third-order valence-electron chi connectivity index (χ3n) is 6.55. The molecule has 0 aromatic heterocycles. The smallest absolute Gasteiger partial charge is 0.317 e. The Morgan fingerprint density at radius 2 is 2.04 bits per heavy atom. The van der Waals surface area contributed by atoms with Crippen LogP contribution in [0.1, 0.15) is 47.0 Å². The van der Waals surface area contributed by atoms with Crippen LogP contribution >= 0.6 is 22.6 Å². The Hall–Kier alpha value is 0.0369. The number of halogens is 1. The largest absolute Gasteiger partial charge is 0.459 e. The minimum absolute atomic E-state index is 0.0798. The Bertz CT molecular complexity index is 601. The average Bonchev–Trinajstić information content (AvgIpc) is 3.14. The fourth-order valence-electron chi connectivity index (χ4n) is 3.70. The first-order chi connectivity index (χ1) is 11.9. The lowest BCUT2D eigenvalue weighted by Crippen LogP contribution is -2.48. The van der Waals surface area contributed by atoms with E-state index in [0.717, 1.165) is 12.8 Å². The van der Waals surface area contributed by atoms with E-state index in [2.05, 4.69) is 62.5 Å². The Labute approximate surface area is 171 Å². The summed E-state index contributed by atoms with van der Waals surface area (Å²) in [6.07, 6.45) is 3.98. The molecule has 0 bridgehead atoms. The van der Waals surface area contributed by atoms with Crippen molar-refractivity contribution in [2.24, 2.45) is 5.41 Å². The molecule has 148 valence electrons. The summed E-state index contributed by atoms with van der Waals surface area (Å²) in [5.41, 5.74) is -0.774. The van der Waals surface area contributed by atoms with Crippen molar-refractivity contribution in [3.05, 3.63) is 10.2 Å². The summed E-state index contributed by atoms with van der Waals surface area (Å²) in [5, 5.41) is 0.0938. The summed E-state index contributed by atoms with van der Waals surface area (Å²) < 4.78 is 26.6. The Balaban J connectivity index is 1.72. The van der Waals surface area contributed by atoms with Crippen LogP contribution < -0.4 is 0 Å². The second-order valence-corrected chi connectivity index (χ2v) is 15.1. The highest BCUT2D eigenvalue weighted by Crippen LogP contribution is 2.52. The summed E-state index contributed by atoms with van der Waals surface area (Å²) in [7, 11) is -1.96. The van der Waals surface area contributed by atoms with Gasteiger partial charge in [0.2, 0.25) is 0 Å². The van der Waals surface area contributed by atoms with Gasteiger partial charge in [0, 0.05) is 12.8 Å². The summed E-state index contributed by atoms with van der Waals surface area (Å²) in [6, 6.07) is 0. The maximum Gasteiger partial charge on any atom is 0.317 e. The van der Waals surface area contributed by atoms with Gasteiger partial charge < -0.3 is 18.6 Å². The predicted octanol–water partition coefficient (Wildman–Crippen LogP) is 4.55. The van der Waals surface area contributed by atoms with Gasteiger partial charge in [0.25, 0.3) is 0 Å². The molecule has 3 aliphatic rings. The lowest BCUT2D eigenvalue weighted by Gasteiger charge is -2.39. The Morgan fingerprint density at radius 1 is 1.35 bits per heavy atom. The summed E-state index contributed by atoms with van der Waals surface area (Å²) >= 11 is 2.20. The molecular formula is C19H31IO5Si. The molecule has 1 spiro atoms. The maximum absolute atomic E-state index is 12.6. The summed E-state index contributed by atoms with van der Waals surface area (Å²) in [5.74, 6) is -0.822. The zero-order chi connectivity index (χ0) is 19.4. The Morgan fingerprint density at radius 3 is 2.65 bits per heavy atom. The number of carbonyl (C=O) groups excluding carboxylic acids is 1. The molecule has 5 nitrogen and oxygen atoms in total. The van der Waals surface area contributed by atoms with Gasteiger partial charge in [-0.25, -0.2) is 0 Å². The minimum Gasteiger partial charge on any atom is -0.459 e. The number of esters is 1. The van der Waals surface area contributed by atoms with Gasteiger partial charge in [-0.05, 0) is 41.6 Å². The van der Waals surface area contributed by atoms with Crippen LogP contribution in [-0.4, -0.2) is 45.0 Å². The van der Waals surface area contributed by atoms with E-state index in [1.165, 1.54) is 0 Å². The summed E-state index contributed by atoms with van der Waals surface area (Å²) in [4.78, 5) is 12.6. The predicted molar refractivity (Wildman–Crippen MR) is 111 cm³/mol. The van der Waals surface area contributed by atoms with Crippen LogP contribution in [0.4, 0.5) is 0 Å². The van der Waals surface area contributed by atoms with Crippen LogP contribution in [0.5, 0.6) is 0 Å². The van der Waals surface area contributed by atoms with E-state index in [9.17, 15) is 4.79 Å². The first kappa shape index (κ1) is 20.8. The molecule has 1 unspecified atom stereocenters. The van der Waals surface area contributed by atoms with Crippen molar-refractivity contribution < 1.29 is 23.4 Å². The second kappa shape index (κ2) is 6.83. The van der Waals surface area contributed by atoms with Crippen molar-refractivity contribution in [3.63, 3.8) is 0 Å². The highest BCUT2D eigenvalue weighted by Gasteiger charge is 2.65. The van der Waals surface area contributed by atoms with Crippen LogP contribution in [0, 0.1) is 5.41 Å². The molecule has 0 radical (unpaired) electrons. The lowest BCUT2D eigenvalue weighted by atomic mass is 9.85. The zero-order valence-electron chi connectivity index (χ0n) is 16.6. The first-order valence-corrected chi connectivity index (χ1v) is 13.6. The normalized spacial score (nSPS) is 40.6. The number of carbonyl (C=O) groups is 1. The summed E-state index contributed by atoms with van der Waals surface area (Å²) in [6.45, 7) is 13.3. The molecule has 3 heterocycles. The molecule has 26 heavy (non-hydrogen) atoms. The third kappa shape index (κ3) is 3.54. The topological polar surface area (TPSA) is 54.0 Å². The van der Waals surface area contributed by atoms with Crippen LogP contribution in [-0.2, 0) is 23.4 Å². The molecule has 0 N–H and O–H groups in total. The lowest BCUT2D eigenvalue weighted by molar-refractivity contribution is -0.225. The van der Waals surface area contributed by atoms with Crippen molar-refractivity contribution in [2.75, 3.05) is 6.61 Å². The van der Waals surface area contributed by atoms with E-state index < -0.39 is 19.5 Å². The van der Waals surface area contributed by atoms with Gasteiger partial charge in [-0.3, -0.25) is 4.79 Å². The number of rotatable bonds is 4. The van der Waals surface area contributed by atoms with Gasteiger partial charge in [0.1, 0.15) is 17.6 Å². The number of fused-ring (bicyclic) bond motifs is 1. The molecule has 3 aliphatic heterocycles. The van der Waals surface area contributed by atoms with Crippen molar-refractivity contribution in [2.45, 2.75) is 89.2 Å². The highest BCUT2D eigenvalue weighted by molar-refractivity contribution is 14.1. The molecule has 0 saturated carbocycles. The number of hydrogen-bond donors (Lipinski definition) is 0. The molecule has 0 aromatic carbocycles. The van der Waals surface area contributed by atoms with Crippen molar-refractivity contribution in [1.29, 1.82) is 0 Å². The maximum atomic E-state index is 12.6. The number of ether oxygens (including phenoxy) is 3. The van der Waals surface area contributed by atoms with Crippen LogP contribution in [0.15, 0.2) is 10.2 Å². The molecule has 3 saturated heterocycles. The zero-order valence-corrected chi connectivity index (χ0v) is 19.8. The van der Waals surface area contributed by atoms with Crippen molar-refractivity contribution >= 4 is 36.9 Å². The first-order valence-electron chi connectivity index (χ1n) is 9.40. The van der Waals surface area contributed by atoms with E-state index in [-0.39, 0.29) is 29.3 Å². The molecule has 3 fully saturated rings. The molecule has 5 atom stereocenters. The SMILES string of the molecule is CC(C)(C)[Si](C)(C)OC[C@]1(C)C(=O)O[C@H]2CC3(CC[C@@H](/C=C/I)O3)O[C@@H]21. The highest BCUT2D eigenvalue weighted by atomic mass is 127. The van der Waals surface area contributed by atoms with Crippen molar-refractivity contribution in [3.8, 4) is 0 Å². The van der Waals surface area contributed by atoms with Gasteiger partial charge in [-0.2, -0.15) is 0 Å². The van der Waals surface area contributed by atoms with Gasteiger partial charge in [0.15, 0.2) is 14.1 Å². The van der Waals surface area contributed by atoms with Crippen LogP contribution in [0.25, 0.3) is 0 Å². The molecule has 3 rings (SSSR count). The van der Waals surface area contributed by atoms with E-state index in [1.807, 2.05) is 11.0 Å². The van der Waals surface area contributed by atoms with Gasteiger partial charge in [-0.1, -0.05) is 43.4 Å². The quantitative estimate of drug-likeness (QED) is 0.326. The minimum atomic E-state index is -1.96. The van der Waals surface area contributed by atoms with Gasteiger partial charge in [0.05, 0.1) is 12.7 Å². The number of hydrogen-bond acceptors (Lipinski definition) is 5. The second-order valence-electron chi connectivity index (χ2n) is 9.58. The van der Waals surface area contributed by atoms with E-state index in [0.29, 0.717) is 13.0 Å². The van der Waals surface area contributed by atoms with Gasteiger partial charge >= 0.3 is 5.97 Å². The molecular weight excluding hydrogens is 463 g/mol. The molecule has 0 amide bonds. The van der Waals surface area contributed by atoms with E-state index in [1.54, 1.807) is 0 Å². The molecule has 0 aromatic rings. The fraction of sp³-hybridized carbons (Fsp3) is 0.842. The Kier molecular flexibility index (Phi) is 5.45. The van der Waals surface area contributed by atoms with E-state index >= 15 is 0 Å². The molecule has 0 aliphatic carbocycles. The standard InChI is InChI=1S/C19H31IO5Si/c1-17(2,3)26(5,6)22-12-18(4)15-14(23-16(18)21)11-19(25-15)9-7-13(24-19)8-10-20/h8,10,13-15H,7,9,11-12H2,1-6H3/b10-8+/t13-,14-,15-,18-,19?/m0/s1. The van der Waals surface area contributed by atoms with Crippen LogP contribution in [0.3, 0.4) is 0 Å². The monoisotopic (exact) mass is 494 g/mol. The van der Waals surface area contributed by atoms with Crippen molar-refractivity contribution in [1.82, 2.24) is 0 Å². The van der Waals surface area contributed by atoms with Gasteiger partial charge in [-0.15, -0.1) is 0 Å². The average molecular weight is 494 g/mol. The van der Waals surface area contributed by atoms with Crippen LogP contribution in [0.2, 0.25) is 18.1 Å². The van der Waals surface area contributed by atoms with E-state index in [4.69, 9.17) is 18.6 Å². The molecule has 7 heteroatoms.